The average Bonchev–Trinajstić information content (AvgIpc) is 3.32. The number of fused-ring (bicyclic) bond motifs is 5. The highest BCUT2D eigenvalue weighted by molar-refractivity contribution is 6.08. The van der Waals surface area contributed by atoms with E-state index in [0.717, 1.165) is 6.54 Å². The molecule has 6 rings (SSSR count). The van der Waals surface area contributed by atoms with Crippen molar-refractivity contribution < 1.29 is 0 Å². The quantitative estimate of drug-likeness (QED) is 0.314. The van der Waals surface area contributed by atoms with Gasteiger partial charge in [0.2, 0.25) is 0 Å². The SMILES string of the molecule is c1ccc2c(c1)ccc1c3c(ccc12)C(c1ccc(Cn2ccnc2)cc1)CCC3. The Bertz CT molecular complexity index is 1330. The molecule has 4 aromatic carbocycles. The lowest BCUT2D eigenvalue weighted by molar-refractivity contribution is 0.619. The highest BCUT2D eigenvalue weighted by Crippen LogP contribution is 2.41. The van der Waals surface area contributed by atoms with Gasteiger partial charge in [0, 0.05) is 24.9 Å². The van der Waals surface area contributed by atoms with Crippen LogP contribution in [0.2, 0.25) is 0 Å². The van der Waals surface area contributed by atoms with Crippen LogP contribution in [0.5, 0.6) is 0 Å². The summed E-state index contributed by atoms with van der Waals surface area (Å²) in [5.41, 5.74) is 5.83. The van der Waals surface area contributed by atoms with Crippen LogP contribution >= 0.6 is 0 Å². The van der Waals surface area contributed by atoms with E-state index in [9.17, 15) is 0 Å². The van der Waals surface area contributed by atoms with Crippen molar-refractivity contribution in [2.75, 3.05) is 0 Å². The molecule has 0 spiro atoms. The molecule has 1 aliphatic carbocycles. The van der Waals surface area contributed by atoms with E-state index in [1.54, 1.807) is 5.56 Å². The standard InChI is InChI=1S/C28H24N2/c1-2-5-23-21(4-1)12-13-28-25-7-3-6-24(26(25)14-15-27(23)28)22-10-8-20(9-11-22)18-30-17-16-29-19-30/h1-2,4-5,8-17,19,24H,3,6-7,18H2. The fourth-order valence-electron chi connectivity index (χ4n) is 5.20. The Kier molecular flexibility index (Phi) is 4.16. The highest BCUT2D eigenvalue weighted by atomic mass is 15.0. The summed E-state index contributed by atoms with van der Waals surface area (Å²) >= 11 is 0. The van der Waals surface area contributed by atoms with Crippen LogP contribution in [0.15, 0.2) is 91.5 Å². The van der Waals surface area contributed by atoms with Crippen LogP contribution in [0.25, 0.3) is 21.5 Å². The molecule has 0 saturated carbocycles. The van der Waals surface area contributed by atoms with E-state index in [1.807, 2.05) is 18.7 Å². The van der Waals surface area contributed by atoms with Gasteiger partial charge in [-0.25, -0.2) is 4.98 Å². The molecule has 1 aliphatic rings. The molecule has 30 heavy (non-hydrogen) atoms. The van der Waals surface area contributed by atoms with Gasteiger partial charge in [0.15, 0.2) is 0 Å². The fraction of sp³-hybridized carbons (Fsp3) is 0.179. The molecule has 5 aromatic rings. The van der Waals surface area contributed by atoms with E-state index in [0.29, 0.717) is 5.92 Å². The Morgan fingerprint density at radius 3 is 2.57 bits per heavy atom. The predicted molar refractivity (Wildman–Crippen MR) is 124 cm³/mol. The third-order valence-electron chi connectivity index (χ3n) is 6.68. The molecule has 0 fully saturated rings. The summed E-state index contributed by atoms with van der Waals surface area (Å²) in [7, 11) is 0. The van der Waals surface area contributed by atoms with E-state index in [-0.39, 0.29) is 0 Å². The van der Waals surface area contributed by atoms with Crippen molar-refractivity contribution in [2.24, 2.45) is 0 Å². The van der Waals surface area contributed by atoms with Gasteiger partial charge in [-0.3, -0.25) is 0 Å². The van der Waals surface area contributed by atoms with Crippen LogP contribution < -0.4 is 0 Å². The van der Waals surface area contributed by atoms with Gasteiger partial charge in [0.25, 0.3) is 0 Å². The van der Waals surface area contributed by atoms with E-state index >= 15 is 0 Å². The summed E-state index contributed by atoms with van der Waals surface area (Å²) in [5.74, 6) is 0.493. The van der Waals surface area contributed by atoms with E-state index in [1.165, 1.54) is 57.5 Å². The Morgan fingerprint density at radius 1 is 0.833 bits per heavy atom. The second-order valence-corrected chi connectivity index (χ2v) is 8.44. The lowest BCUT2D eigenvalue weighted by Gasteiger charge is -2.27. The molecule has 0 amide bonds. The number of rotatable bonds is 3. The molecule has 1 aromatic heterocycles. The summed E-state index contributed by atoms with van der Waals surface area (Å²) in [4.78, 5) is 4.14. The fourth-order valence-corrected chi connectivity index (χ4v) is 5.20. The van der Waals surface area contributed by atoms with Crippen molar-refractivity contribution in [3.8, 4) is 0 Å². The largest absolute Gasteiger partial charge is 0.333 e. The molecule has 1 unspecified atom stereocenters. The van der Waals surface area contributed by atoms with Crippen LogP contribution in [0.3, 0.4) is 0 Å². The van der Waals surface area contributed by atoms with Crippen LogP contribution in [0.4, 0.5) is 0 Å². The number of benzene rings is 4. The van der Waals surface area contributed by atoms with Crippen molar-refractivity contribution in [1.82, 2.24) is 9.55 Å². The Balaban J connectivity index is 1.40. The first-order valence-electron chi connectivity index (χ1n) is 10.8. The zero-order chi connectivity index (χ0) is 19.9. The third kappa shape index (κ3) is 2.91. The van der Waals surface area contributed by atoms with Gasteiger partial charge in [0.05, 0.1) is 6.33 Å². The van der Waals surface area contributed by atoms with Gasteiger partial charge in [-0.2, -0.15) is 0 Å². The monoisotopic (exact) mass is 388 g/mol. The molecule has 0 N–H and O–H groups in total. The van der Waals surface area contributed by atoms with Crippen molar-refractivity contribution >= 4 is 21.5 Å². The Hall–Kier alpha value is -3.39. The van der Waals surface area contributed by atoms with Gasteiger partial charge in [-0.1, -0.05) is 72.8 Å². The van der Waals surface area contributed by atoms with Gasteiger partial charge in [0.1, 0.15) is 0 Å². The van der Waals surface area contributed by atoms with Crippen LogP contribution in [-0.4, -0.2) is 9.55 Å². The van der Waals surface area contributed by atoms with E-state index in [4.69, 9.17) is 0 Å². The second-order valence-electron chi connectivity index (χ2n) is 8.44. The predicted octanol–water partition coefficient (Wildman–Crippen LogP) is 6.71. The minimum Gasteiger partial charge on any atom is -0.333 e. The summed E-state index contributed by atoms with van der Waals surface area (Å²) in [6.45, 7) is 0.874. The number of hydrogen-bond acceptors (Lipinski definition) is 1. The van der Waals surface area contributed by atoms with Crippen molar-refractivity contribution in [1.29, 1.82) is 0 Å². The van der Waals surface area contributed by atoms with Crippen LogP contribution in [0.1, 0.15) is 41.0 Å². The molecular weight excluding hydrogens is 364 g/mol. The lowest BCUT2D eigenvalue weighted by atomic mass is 9.77. The maximum Gasteiger partial charge on any atom is 0.0949 e. The number of hydrogen-bond donors (Lipinski definition) is 0. The molecule has 146 valence electrons. The zero-order valence-corrected chi connectivity index (χ0v) is 17.0. The van der Waals surface area contributed by atoms with Crippen molar-refractivity contribution in [3.63, 3.8) is 0 Å². The molecule has 0 saturated heterocycles. The van der Waals surface area contributed by atoms with Gasteiger partial charge in [-0.05, 0) is 63.1 Å². The maximum atomic E-state index is 4.14. The zero-order valence-electron chi connectivity index (χ0n) is 17.0. The first-order valence-corrected chi connectivity index (χ1v) is 10.8. The first kappa shape index (κ1) is 17.5. The van der Waals surface area contributed by atoms with Gasteiger partial charge in [-0.15, -0.1) is 0 Å². The highest BCUT2D eigenvalue weighted by Gasteiger charge is 2.23. The van der Waals surface area contributed by atoms with Gasteiger partial charge >= 0.3 is 0 Å². The summed E-state index contributed by atoms with van der Waals surface area (Å²) < 4.78 is 2.11. The molecule has 1 heterocycles. The normalized spacial score (nSPS) is 16.1. The summed E-state index contributed by atoms with van der Waals surface area (Å²) in [6, 6.07) is 27.3. The minimum atomic E-state index is 0.493. The maximum absolute atomic E-state index is 4.14. The van der Waals surface area contributed by atoms with Crippen molar-refractivity contribution in [2.45, 2.75) is 31.7 Å². The molecule has 0 radical (unpaired) electrons. The Morgan fingerprint density at radius 2 is 1.70 bits per heavy atom. The average molecular weight is 389 g/mol. The Labute approximate surface area is 176 Å². The number of aryl methyl sites for hydroxylation is 1. The van der Waals surface area contributed by atoms with E-state index in [2.05, 4.69) is 82.3 Å². The smallest absolute Gasteiger partial charge is 0.0949 e. The molecule has 1 atom stereocenters. The minimum absolute atomic E-state index is 0.493. The third-order valence-corrected chi connectivity index (χ3v) is 6.68. The van der Waals surface area contributed by atoms with Gasteiger partial charge < -0.3 is 4.57 Å². The second kappa shape index (κ2) is 7.14. The molecule has 0 bridgehead atoms. The number of aromatic nitrogens is 2. The first-order chi connectivity index (χ1) is 14.9. The van der Waals surface area contributed by atoms with Crippen molar-refractivity contribution in [3.05, 3.63) is 114 Å². The lowest BCUT2D eigenvalue weighted by Crippen LogP contribution is -2.11. The summed E-state index contributed by atoms with van der Waals surface area (Å²) in [5, 5.41) is 5.52. The number of imidazole rings is 1. The summed E-state index contributed by atoms with van der Waals surface area (Å²) in [6.07, 6.45) is 9.38. The van der Waals surface area contributed by atoms with Crippen LogP contribution in [0, 0.1) is 0 Å². The molecule has 2 nitrogen and oxygen atoms in total. The molecular formula is C28H24N2. The molecule has 0 aliphatic heterocycles. The molecule has 2 heteroatoms. The van der Waals surface area contributed by atoms with Crippen LogP contribution in [-0.2, 0) is 13.0 Å². The topological polar surface area (TPSA) is 17.8 Å². The van der Waals surface area contributed by atoms with E-state index < -0.39 is 0 Å². The number of nitrogens with zero attached hydrogens (tertiary/aromatic N) is 2.